The van der Waals surface area contributed by atoms with Crippen LogP contribution >= 0.6 is 0 Å². The number of anilines is 2. The second-order valence-corrected chi connectivity index (χ2v) is 7.30. The molecule has 2 N–H and O–H groups in total. The summed E-state index contributed by atoms with van der Waals surface area (Å²) in [5.41, 5.74) is 2.51. The van der Waals surface area contributed by atoms with Gasteiger partial charge in [-0.3, -0.25) is 5.32 Å². The topological polar surface area (TPSA) is 69.7 Å². The quantitative estimate of drug-likeness (QED) is 0.746. The summed E-state index contributed by atoms with van der Waals surface area (Å²) in [6.45, 7) is 3.80. The molecule has 2 heterocycles. The van der Waals surface area contributed by atoms with Gasteiger partial charge in [0.1, 0.15) is 11.6 Å². The summed E-state index contributed by atoms with van der Waals surface area (Å²) in [5, 5.41) is 5.52. The Morgan fingerprint density at radius 1 is 1.21 bits per heavy atom. The van der Waals surface area contributed by atoms with Crippen LogP contribution in [0, 0.1) is 5.82 Å². The van der Waals surface area contributed by atoms with Crippen molar-refractivity contribution in [2.45, 2.75) is 13.0 Å². The van der Waals surface area contributed by atoms with Gasteiger partial charge >= 0.3 is 6.03 Å². The Bertz CT molecular complexity index is 824. The zero-order valence-electron chi connectivity index (χ0n) is 16.9. The number of nitrogens with zero attached hydrogens (tertiary/aromatic N) is 3. The van der Waals surface area contributed by atoms with Crippen LogP contribution in [0.1, 0.15) is 11.1 Å². The molecule has 1 fully saturated rings. The van der Waals surface area contributed by atoms with E-state index in [4.69, 9.17) is 4.74 Å². The lowest BCUT2D eigenvalue weighted by molar-refractivity contribution is 0.122. The molecule has 0 saturated carbocycles. The first-order valence-corrected chi connectivity index (χ1v) is 9.77. The number of urea groups is 1. The lowest BCUT2D eigenvalue weighted by atomic mass is 10.1. The summed E-state index contributed by atoms with van der Waals surface area (Å²) < 4.78 is 19.8. The number of benzene rings is 1. The van der Waals surface area contributed by atoms with E-state index in [9.17, 15) is 9.18 Å². The molecule has 0 radical (unpaired) electrons. The Balaban J connectivity index is 1.47. The minimum atomic E-state index is -0.329. The predicted molar refractivity (Wildman–Crippen MR) is 112 cm³/mol. The maximum absolute atomic E-state index is 14.4. The molecule has 0 atom stereocenters. The van der Waals surface area contributed by atoms with Crippen molar-refractivity contribution in [2.75, 3.05) is 57.2 Å². The number of rotatable bonds is 7. The maximum Gasteiger partial charge on any atom is 0.320 e. The SMILES string of the molecule is CN(C)Cc1ccnc(NC(=O)NCCc2ccc(N3CCOCC3)c(F)c2)c1. The van der Waals surface area contributed by atoms with Gasteiger partial charge < -0.3 is 19.9 Å². The number of nitrogens with one attached hydrogen (secondary N) is 2. The summed E-state index contributed by atoms with van der Waals surface area (Å²) in [6, 6.07) is 8.68. The van der Waals surface area contributed by atoms with E-state index in [0.29, 0.717) is 50.8 Å². The van der Waals surface area contributed by atoms with E-state index in [1.165, 1.54) is 6.07 Å². The number of ether oxygens (including phenoxy) is 1. The normalized spacial score (nSPS) is 14.1. The fourth-order valence-electron chi connectivity index (χ4n) is 3.25. The van der Waals surface area contributed by atoms with Crippen LogP contribution in [0.5, 0.6) is 0 Å². The highest BCUT2D eigenvalue weighted by Gasteiger charge is 2.15. The predicted octanol–water partition coefficient (Wildman–Crippen LogP) is 2.48. The third-order valence-electron chi connectivity index (χ3n) is 4.63. The molecule has 1 aliphatic heterocycles. The van der Waals surface area contributed by atoms with Crippen molar-refractivity contribution in [3.05, 3.63) is 53.5 Å². The molecule has 7 nitrogen and oxygen atoms in total. The second kappa shape index (κ2) is 10.2. The van der Waals surface area contributed by atoms with Gasteiger partial charge in [0.25, 0.3) is 0 Å². The van der Waals surface area contributed by atoms with Crippen LogP contribution < -0.4 is 15.5 Å². The molecule has 156 valence electrons. The van der Waals surface area contributed by atoms with Crippen LogP contribution in [-0.4, -0.2) is 62.9 Å². The summed E-state index contributed by atoms with van der Waals surface area (Å²) >= 11 is 0. The van der Waals surface area contributed by atoms with Crippen molar-refractivity contribution in [1.29, 1.82) is 0 Å². The number of aromatic nitrogens is 1. The highest BCUT2D eigenvalue weighted by atomic mass is 19.1. The van der Waals surface area contributed by atoms with Gasteiger partial charge in [-0.25, -0.2) is 14.2 Å². The standard InChI is InChI=1S/C21H28FN5O2/c1-26(2)15-17-6-7-23-20(14-17)25-21(28)24-8-5-16-3-4-19(18(22)13-16)27-9-11-29-12-10-27/h3-4,6-7,13-14H,5,8-12,15H2,1-2H3,(H2,23,24,25,28). The molecule has 0 spiro atoms. The number of hydrogen-bond acceptors (Lipinski definition) is 5. The number of carbonyl (C=O) groups is 1. The van der Waals surface area contributed by atoms with Gasteiger partial charge in [-0.05, 0) is 55.9 Å². The van der Waals surface area contributed by atoms with Crippen LogP contribution in [-0.2, 0) is 17.7 Å². The maximum atomic E-state index is 14.4. The molecule has 2 amide bonds. The van der Waals surface area contributed by atoms with Gasteiger partial charge in [0, 0.05) is 32.4 Å². The average Bonchev–Trinajstić information content (AvgIpc) is 2.68. The van der Waals surface area contributed by atoms with Gasteiger partial charge in [-0.2, -0.15) is 0 Å². The smallest absolute Gasteiger partial charge is 0.320 e. The number of hydrogen-bond donors (Lipinski definition) is 2. The fraction of sp³-hybridized carbons (Fsp3) is 0.429. The Morgan fingerprint density at radius 3 is 2.72 bits per heavy atom. The summed E-state index contributed by atoms with van der Waals surface area (Å²) in [4.78, 5) is 20.3. The average molecular weight is 401 g/mol. The van der Waals surface area contributed by atoms with Crippen LogP contribution in [0.4, 0.5) is 20.7 Å². The third kappa shape index (κ3) is 6.40. The molecule has 0 bridgehead atoms. The van der Waals surface area contributed by atoms with Crippen LogP contribution in [0.3, 0.4) is 0 Å². The lowest BCUT2D eigenvalue weighted by Crippen LogP contribution is -2.36. The summed E-state index contributed by atoms with van der Waals surface area (Å²) in [6.07, 6.45) is 2.22. The van der Waals surface area contributed by atoms with Crippen LogP contribution in [0.15, 0.2) is 36.5 Å². The van der Waals surface area contributed by atoms with Gasteiger partial charge in [-0.15, -0.1) is 0 Å². The molecular formula is C21H28FN5O2. The molecule has 0 aliphatic carbocycles. The minimum Gasteiger partial charge on any atom is -0.378 e. The van der Waals surface area contributed by atoms with Gasteiger partial charge in [0.15, 0.2) is 0 Å². The molecule has 2 aromatic rings. The van der Waals surface area contributed by atoms with E-state index in [-0.39, 0.29) is 11.8 Å². The van der Waals surface area contributed by atoms with Crippen LogP contribution in [0.25, 0.3) is 0 Å². The number of morpholine rings is 1. The van der Waals surface area contributed by atoms with Gasteiger partial charge in [-0.1, -0.05) is 6.07 Å². The number of amides is 2. The van der Waals surface area contributed by atoms with E-state index in [1.807, 2.05) is 42.1 Å². The highest BCUT2D eigenvalue weighted by Crippen LogP contribution is 2.21. The fourth-order valence-corrected chi connectivity index (χ4v) is 3.25. The Morgan fingerprint density at radius 2 is 2.00 bits per heavy atom. The van der Waals surface area contributed by atoms with Crippen molar-refractivity contribution in [3.63, 3.8) is 0 Å². The lowest BCUT2D eigenvalue weighted by Gasteiger charge is -2.29. The largest absolute Gasteiger partial charge is 0.378 e. The van der Waals surface area contributed by atoms with Crippen molar-refractivity contribution in [3.8, 4) is 0 Å². The van der Waals surface area contributed by atoms with Crippen molar-refractivity contribution >= 4 is 17.5 Å². The first-order valence-electron chi connectivity index (χ1n) is 9.77. The number of pyridine rings is 1. The van der Waals surface area contributed by atoms with Crippen LogP contribution in [0.2, 0.25) is 0 Å². The molecule has 1 saturated heterocycles. The van der Waals surface area contributed by atoms with Crippen molar-refractivity contribution in [2.24, 2.45) is 0 Å². The highest BCUT2D eigenvalue weighted by molar-refractivity contribution is 5.88. The molecule has 1 aliphatic rings. The monoisotopic (exact) mass is 401 g/mol. The molecule has 1 aromatic heterocycles. The van der Waals surface area contributed by atoms with Crippen molar-refractivity contribution in [1.82, 2.24) is 15.2 Å². The van der Waals surface area contributed by atoms with E-state index in [0.717, 1.165) is 17.7 Å². The molecule has 1 aromatic carbocycles. The Labute approximate surface area is 170 Å². The zero-order valence-corrected chi connectivity index (χ0v) is 16.9. The minimum absolute atomic E-state index is 0.240. The first-order chi connectivity index (χ1) is 14.0. The number of carbonyl (C=O) groups excluding carboxylic acids is 1. The molecule has 29 heavy (non-hydrogen) atoms. The van der Waals surface area contributed by atoms with E-state index < -0.39 is 0 Å². The second-order valence-electron chi connectivity index (χ2n) is 7.30. The summed E-state index contributed by atoms with van der Waals surface area (Å²) in [5.74, 6) is 0.263. The van der Waals surface area contributed by atoms with Gasteiger partial charge in [0.2, 0.25) is 0 Å². The van der Waals surface area contributed by atoms with E-state index in [2.05, 4.69) is 15.6 Å². The van der Waals surface area contributed by atoms with Crippen molar-refractivity contribution < 1.29 is 13.9 Å². The number of halogens is 1. The Hall–Kier alpha value is -2.71. The van der Waals surface area contributed by atoms with Gasteiger partial charge in [0.05, 0.1) is 18.9 Å². The molecule has 8 heteroatoms. The summed E-state index contributed by atoms with van der Waals surface area (Å²) in [7, 11) is 3.97. The first kappa shape index (κ1) is 21.0. The molecular weight excluding hydrogens is 373 g/mol. The zero-order chi connectivity index (χ0) is 20.6. The third-order valence-corrected chi connectivity index (χ3v) is 4.63. The molecule has 0 unspecified atom stereocenters. The molecule has 3 rings (SSSR count). The van der Waals surface area contributed by atoms with E-state index in [1.54, 1.807) is 12.3 Å². The van der Waals surface area contributed by atoms with E-state index >= 15 is 0 Å². The Kier molecular flexibility index (Phi) is 7.37.